The van der Waals surface area contributed by atoms with E-state index in [-0.39, 0.29) is 0 Å². The van der Waals surface area contributed by atoms with E-state index < -0.39 is 0 Å². The van der Waals surface area contributed by atoms with Crippen molar-refractivity contribution >= 4 is 33.9 Å². The minimum absolute atomic E-state index is 0.472. The largest absolute Gasteiger partial charge is 0.466 e. The molecule has 0 fully saturated rings. The highest BCUT2D eigenvalue weighted by Gasteiger charge is 2.15. The fourth-order valence-electron chi connectivity index (χ4n) is 2.65. The van der Waals surface area contributed by atoms with Gasteiger partial charge in [0.05, 0.1) is 11.3 Å². The summed E-state index contributed by atoms with van der Waals surface area (Å²) in [4.78, 5) is 0. The van der Waals surface area contributed by atoms with Crippen LogP contribution in [0.3, 0.4) is 0 Å². The van der Waals surface area contributed by atoms with Gasteiger partial charge >= 0.3 is 0 Å². The lowest BCUT2D eigenvalue weighted by atomic mass is 10.1. The van der Waals surface area contributed by atoms with Gasteiger partial charge in [0.15, 0.2) is 4.34 Å². The Bertz CT molecular complexity index is 1070. The number of benzene rings is 1. The van der Waals surface area contributed by atoms with Gasteiger partial charge in [0.25, 0.3) is 5.89 Å². The second kappa shape index (κ2) is 8.15. The molecule has 0 saturated carbocycles. The zero-order chi connectivity index (χ0) is 19.5. The third-order valence-corrected chi connectivity index (χ3v) is 6.03. The van der Waals surface area contributed by atoms with E-state index in [0.29, 0.717) is 17.5 Å². The highest BCUT2D eigenvalue weighted by molar-refractivity contribution is 8.00. The Morgan fingerprint density at radius 2 is 1.86 bits per heavy atom. The molecule has 28 heavy (non-hydrogen) atoms. The van der Waals surface area contributed by atoms with Crippen LogP contribution in [0.15, 0.2) is 43.5 Å². The molecule has 1 N–H and O–H groups in total. The van der Waals surface area contributed by atoms with Crippen LogP contribution in [0.4, 0.5) is 10.8 Å². The number of hydrogen-bond acceptors (Lipinski definition) is 9. The van der Waals surface area contributed by atoms with Gasteiger partial charge in [-0.15, -0.1) is 20.4 Å². The summed E-state index contributed by atoms with van der Waals surface area (Å²) in [5.41, 5.74) is 3.13. The molecule has 4 aromatic rings. The molecule has 0 saturated heterocycles. The van der Waals surface area contributed by atoms with Crippen LogP contribution in [0.2, 0.25) is 0 Å². The molecule has 0 aliphatic heterocycles. The van der Waals surface area contributed by atoms with Crippen molar-refractivity contribution < 1.29 is 8.83 Å². The minimum atomic E-state index is 0.472. The summed E-state index contributed by atoms with van der Waals surface area (Å²) in [6.07, 6.45) is 1.02. The predicted octanol–water partition coefficient (Wildman–Crippen LogP) is 5.40. The molecule has 0 atom stereocenters. The molecule has 7 nitrogen and oxygen atoms in total. The maximum atomic E-state index is 5.75. The highest BCUT2D eigenvalue weighted by atomic mass is 32.2. The standard InChI is InChI=1S/C19H19N5O2S2/c1-4-13-5-7-14(8-6-13)20-18-23-24-19(28-18)27-10-16-21-22-17(26-16)15-9-11(2)25-12(15)3/h5-9H,4,10H2,1-3H3,(H,20,23). The van der Waals surface area contributed by atoms with Crippen molar-refractivity contribution in [3.05, 3.63) is 53.3 Å². The number of aromatic nitrogens is 4. The van der Waals surface area contributed by atoms with Crippen molar-refractivity contribution in [3.8, 4) is 11.5 Å². The summed E-state index contributed by atoms with van der Waals surface area (Å²) in [5.74, 6) is 3.13. The van der Waals surface area contributed by atoms with Gasteiger partial charge in [-0.05, 0) is 44.0 Å². The summed E-state index contributed by atoms with van der Waals surface area (Å²) in [5, 5.41) is 20.7. The molecule has 0 amide bonds. The van der Waals surface area contributed by atoms with E-state index in [4.69, 9.17) is 8.83 Å². The Kier molecular flexibility index (Phi) is 5.45. The van der Waals surface area contributed by atoms with E-state index >= 15 is 0 Å². The maximum absolute atomic E-state index is 5.75. The van der Waals surface area contributed by atoms with Gasteiger partial charge < -0.3 is 14.2 Å². The van der Waals surface area contributed by atoms with Crippen LogP contribution in [-0.4, -0.2) is 20.4 Å². The number of hydrogen-bond donors (Lipinski definition) is 1. The van der Waals surface area contributed by atoms with Crippen molar-refractivity contribution in [2.75, 3.05) is 5.32 Å². The zero-order valence-electron chi connectivity index (χ0n) is 15.7. The minimum Gasteiger partial charge on any atom is -0.466 e. The molecule has 3 heterocycles. The molecule has 0 spiro atoms. The number of anilines is 2. The number of thioether (sulfide) groups is 1. The molecule has 0 bridgehead atoms. The number of nitrogens with one attached hydrogen (secondary N) is 1. The normalized spacial score (nSPS) is 11.1. The second-order valence-electron chi connectivity index (χ2n) is 6.17. The Balaban J connectivity index is 1.36. The molecule has 0 aliphatic rings. The van der Waals surface area contributed by atoms with Gasteiger partial charge in [0.2, 0.25) is 11.0 Å². The lowest BCUT2D eigenvalue weighted by Crippen LogP contribution is -1.89. The summed E-state index contributed by atoms with van der Waals surface area (Å²) < 4.78 is 12.1. The number of rotatable bonds is 7. The van der Waals surface area contributed by atoms with Crippen LogP contribution in [-0.2, 0) is 12.2 Å². The average molecular weight is 414 g/mol. The molecule has 0 unspecified atom stereocenters. The van der Waals surface area contributed by atoms with E-state index in [2.05, 4.69) is 44.8 Å². The monoisotopic (exact) mass is 413 g/mol. The first-order valence-electron chi connectivity index (χ1n) is 8.82. The van der Waals surface area contributed by atoms with Gasteiger partial charge in [0, 0.05) is 5.69 Å². The fraction of sp³-hybridized carbons (Fsp3) is 0.263. The van der Waals surface area contributed by atoms with Crippen molar-refractivity contribution in [2.45, 2.75) is 37.3 Å². The lowest BCUT2D eigenvalue weighted by Gasteiger charge is -2.02. The van der Waals surface area contributed by atoms with Crippen molar-refractivity contribution in [3.63, 3.8) is 0 Å². The Labute approximate surface area is 170 Å². The molecular weight excluding hydrogens is 394 g/mol. The quantitative estimate of drug-likeness (QED) is 0.403. The number of nitrogens with zero attached hydrogens (tertiary/aromatic N) is 4. The summed E-state index contributed by atoms with van der Waals surface area (Å²) in [6, 6.07) is 10.2. The fourth-order valence-corrected chi connectivity index (χ4v) is 4.26. The van der Waals surface area contributed by atoms with Crippen molar-refractivity contribution in [1.82, 2.24) is 20.4 Å². The summed E-state index contributed by atoms with van der Waals surface area (Å²) >= 11 is 3.00. The maximum Gasteiger partial charge on any atom is 0.251 e. The van der Waals surface area contributed by atoms with Crippen LogP contribution >= 0.6 is 23.1 Å². The van der Waals surface area contributed by atoms with Gasteiger partial charge in [-0.2, -0.15) is 0 Å². The van der Waals surface area contributed by atoms with Gasteiger partial charge in [-0.3, -0.25) is 0 Å². The Hall–Kier alpha value is -2.65. The number of furan rings is 1. The van der Waals surface area contributed by atoms with E-state index in [9.17, 15) is 0 Å². The SMILES string of the molecule is CCc1ccc(Nc2nnc(SCc3nnc(-c4cc(C)oc4C)o3)s2)cc1. The average Bonchev–Trinajstić information content (AvgIpc) is 3.41. The molecule has 4 rings (SSSR count). The van der Waals surface area contributed by atoms with Crippen molar-refractivity contribution in [1.29, 1.82) is 0 Å². The summed E-state index contributed by atoms with van der Waals surface area (Å²) in [7, 11) is 0. The predicted molar refractivity (Wildman–Crippen MR) is 110 cm³/mol. The highest BCUT2D eigenvalue weighted by Crippen LogP contribution is 2.31. The molecule has 9 heteroatoms. The van der Waals surface area contributed by atoms with Crippen LogP contribution in [0.1, 0.15) is 29.9 Å². The van der Waals surface area contributed by atoms with E-state index in [0.717, 1.165) is 38.7 Å². The zero-order valence-corrected chi connectivity index (χ0v) is 17.4. The second-order valence-corrected chi connectivity index (χ2v) is 8.37. The van der Waals surface area contributed by atoms with E-state index in [1.54, 1.807) is 0 Å². The van der Waals surface area contributed by atoms with Crippen LogP contribution in [0.25, 0.3) is 11.5 Å². The summed E-state index contributed by atoms with van der Waals surface area (Å²) in [6.45, 7) is 5.91. The topological polar surface area (TPSA) is 89.9 Å². The number of aryl methyl sites for hydroxylation is 3. The van der Waals surface area contributed by atoms with E-state index in [1.807, 2.05) is 32.0 Å². The first kappa shape index (κ1) is 18.7. The van der Waals surface area contributed by atoms with Crippen molar-refractivity contribution in [2.24, 2.45) is 0 Å². The first-order chi connectivity index (χ1) is 13.6. The van der Waals surface area contributed by atoms with Crippen LogP contribution in [0, 0.1) is 13.8 Å². The van der Waals surface area contributed by atoms with E-state index in [1.165, 1.54) is 28.7 Å². The lowest BCUT2D eigenvalue weighted by molar-refractivity contribution is 0.499. The Morgan fingerprint density at radius 3 is 2.57 bits per heavy atom. The molecular formula is C19H19N5O2S2. The Morgan fingerprint density at radius 1 is 1.04 bits per heavy atom. The van der Waals surface area contributed by atoms with Gasteiger partial charge in [-0.25, -0.2) is 0 Å². The molecule has 0 radical (unpaired) electrons. The van der Waals surface area contributed by atoms with Gasteiger partial charge in [-0.1, -0.05) is 42.2 Å². The molecule has 144 valence electrons. The first-order valence-corrected chi connectivity index (χ1v) is 10.6. The van der Waals surface area contributed by atoms with Gasteiger partial charge in [0.1, 0.15) is 11.5 Å². The molecule has 0 aliphatic carbocycles. The molecule has 3 aromatic heterocycles. The molecule has 1 aromatic carbocycles. The third kappa shape index (κ3) is 4.26. The van der Waals surface area contributed by atoms with Crippen LogP contribution in [0.5, 0.6) is 0 Å². The van der Waals surface area contributed by atoms with Crippen LogP contribution < -0.4 is 5.32 Å². The smallest absolute Gasteiger partial charge is 0.251 e. The third-order valence-electron chi connectivity index (χ3n) is 4.08.